The van der Waals surface area contributed by atoms with Crippen LogP contribution in [0.5, 0.6) is 0 Å². The van der Waals surface area contributed by atoms with Crippen molar-refractivity contribution < 1.29 is 0 Å². The molecule has 1 aromatic rings. The molecule has 2 N–H and O–H groups in total. The minimum atomic E-state index is 0.358. The maximum absolute atomic E-state index is 5.54. The van der Waals surface area contributed by atoms with Gasteiger partial charge in [-0.25, -0.2) is 9.97 Å². The Kier molecular flexibility index (Phi) is 4.15. The van der Waals surface area contributed by atoms with E-state index in [4.69, 9.17) is 5.73 Å². The number of thioether (sulfide) groups is 1. The Balaban J connectivity index is 2.15. The zero-order valence-corrected chi connectivity index (χ0v) is 10.4. The molecule has 0 amide bonds. The van der Waals surface area contributed by atoms with Gasteiger partial charge in [-0.2, -0.15) is 11.8 Å². The summed E-state index contributed by atoms with van der Waals surface area (Å²) in [5.74, 6) is 3.23. The van der Waals surface area contributed by atoms with Crippen molar-refractivity contribution >= 4 is 11.8 Å². The molecule has 88 valence electrons. The molecule has 0 radical (unpaired) electrons. The van der Waals surface area contributed by atoms with Gasteiger partial charge < -0.3 is 5.73 Å². The quantitative estimate of drug-likeness (QED) is 0.840. The highest BCUT2D eigenvalue weighted by Crippen LogP contribution is 2.25. The molecule has 2 heterocycles. The van der Waals surface area contributed by atoms with Crippen molar-refractivity contribution in [2.45, 2.75) is 12.5 Å². The van der Waals surface area contributed by atoms with Crippen LogP contribution in [0.1, 0.15) is 17.6 Å². The first-order valence-corrected chi connectivity index (χ1v) is 6.76. The van der Waals surface area contributed by atoms with Gasteiger partial charge in [-0.05, 0) is 19.7 Å². The number of aromatic nitrogens is 2. The lowest BCUT2D eigenvalue weighted by Gasteiger charge is -2.30. The minimum Gasteiger partial charge on any atom is -0.330 e. The van der Waals surface area contributed by atoms with Crippen molar-refractivity contribution in [1.82, 2.24) is 14.9 Å². The molecule has 0 aliphatic carbocycles. The van der Waals surface area contributed by atoms with E-state index in [1.165, 1.54) is 5.75 Å². The van der Waals surface area contributed by atoms with Gasteiger partial charge in [-0.15, -0.1) is 0 Å². The van der Waals surface area contributed by atoms with Gasteiger partial charge >= 0.3 is 0 Å². The summed E-state index contributed by atoms with van der Waals surface area (Å²) in [4.78, 5) is 11.3. The number of nitrogens with zero attached hydrogens (tertiary/aromatic N) is 3. The van der Waals surface area contributed by atoms with Crippen molar-refractivity contribution in [3.63, 3.8) is 0 Å². The predicted molar refractivity (Wildman–Crippen MR) is 67.5 cm³/mol. The van der Waals surface area contributed by atoms with E-state index in [-0.39, 0.29) is 0 Å². The summed E-state index contributed by atoms with van der Waals surface area (Å²) in [5.41, 5.74) is 6.59. The van der Waals surface area contributed by atoms with Crippen LogP contribution in [0.15, 0.2) is 12.3 Å². The van der Waals surface area contributed by atoms with E-state index in [0.717, 1.165) is 30.2 Å². The number of hydrogen-bond acceptors (Lipinski definition) is 5. The van der Waals surface area contributed by atoms with Crippen LogP contribution in [-0.2, 0) is 6.42 Å². The summed E-state index contributed by atoms with van der Waals surface area (Å²) in [6, 6.07) is 2.31. The standard InChI is InChI=1S/C11H18N4S/c1-15-6-7-16-8-10(15)11-13-5-3-9(14-11)2-4-12/h3,5,10H,2,4,6-8,12H2,1H3. The third kappa shape index (κ3) is 2.72. The van der Waals surface area contributed by atoms with Gasteiger partial charge in [-0.3, -0.25) is 4.90 Å². The van der Waals surface area contributed by atoms with Crippen molar-refractivity contribution in [2.24, 2.45) is 5.73 Å². The SMILES string of the molecule is CN1CCSCC1c1nccc(CCN)n1. The lowest BCUT2D eigenvalue weighted by molar-refractivity contribution is 0.264. The molecule has 1 atom stereocenters. The Hall–Kier alpha value is -0.650. The van der Waals surface area contributed by atoms with Gasteiger partial charge in [0.1, 0.15) is 5.82 Å². The lowest BCUT2D eigenvalue weighted by atomic mass is 10.2. The molecule has 0 saturated carbocycles. The number of nitrogens with two attached hydrogens (primary N) is 1. The van der Waals surface area contributed by atoms with E-state index in [1.54, 1.807) is 0 Å². The molecule has 1 saturated heterocycles. The summed E-state index contributed by atoms with van der Waals surface area (Å²) in [6.07, 6.45) is 2.68. The highest BCUT2D eigenvalue weighted by molar-refractivity contribution is 7.99. The summed E-state index contributed by atoms with van der Waals surface area (Å²) < 4.78 is 0. The summed E-state index contributed by atoms with van der Waals surface area (Å²) in [7, 11) is 2.14. The second-order valence-electron chi connectivity index (χ2n) is 4.02. The molecular formula is C11H18N4S. The van der Waals surface area contributed by atoms with Crippen LogP contribution in [0.3, 0.4) is 0 Å². The van der Waals surface area contributed by atoms with Crippen LogP contribution < -0.4 is 5.73 Å². The Bertz CT molecular complexity index is 345. The summed E-state index contributed by atoms with van der Waals surface area (Å²) >= 11 is 1.97. The third-order valence-corrected chi connectivity index (χ3v) is 3.85. The van der Waals surface area contributed by atoms with Crippen LogP contribution in [0.2, 0.25) is 0 Å². The highest BCUT2D eigenvalue weighted by Gasteiger charge is 2.23. The van der Waals surface area contributed by atoms with E-state index >= 15 is 0 Å². The van der Waals surface area contributed by atoms with Gasteiger partial charge in [0.05, 0.1) is 6.04 Å². The maximum atomic E-state index is 5.54. The molecule has 0 spiro atoms. The maximum Gasteiger partial charge on any atom is 0.146 e. The van der Waals surface area contributed by atoms with Gasteiger partial charge in [0.25, 0.3) is 0 Å². The van der Waals surface area contributed by atoms with E-state index < -0.39 is 0 Å². The van der Waals surface area contributed by atoms with Crippen LogP contribution >= 0.6 is 11.8 Å². The third-order valence-electron chi connectivity index (χ3n) is 2.83. The lowest BCUT2D eigenvalue weighted by Crippen LogP contribution is -2.34. The molecule has 0 bridgehead atoms. The second-order valence-corrected chi connectivity index (χ2v) is 5.17. The first kappa shape index (κ1) is 11.8. The van der Waals surface area contributed by atoms with E-state index in [9.17, 15) is 0 Å². The second kappa shape index (κ2) is 5.61. The van der Waals surface area contributed by atoms with Gasteiger partial charge in [0.15, 0.2) is 0 Å². The van der Waals surface area contributed by atoms with Crippen LogP contribution in [0.25, 0.3) is 0 Å². The molecule has 16 heavy (non-hydrogen) atoms. The largest absolute Gasteiger partial charge is 0.330 e. The summed E-state index contributed by atoms with van der Waals surface area (Å²) in [6.45, 7) is 1.76. The zero-order chi connectivity index (χ0) is 11.4. The minimum absolute atomic E-state index is 0.358. The van der Waals surface area contributed by atoms with Gasteiger partial charge in [0, 0.05) is 36.4 Å². The molecule has 1 unspecified atom stereocenters. The molecule has 1 fully saturated rings. The summed E-state index contributed by atoms with van der Waals surface area (Å²) in [5, 5.41) is 0. The molecule has 2 rings (SSSR count). The van der Waals surface area contributed by atoms with Crippen molar-refractivity contribution in [1.29, 1.82) is 0 Å². The Morgan fingerprint density at radius 2 is 2.50 bits per heavy atom. The average Bonchev–Trinajstić information content (AvgIpc) is 2.30. The molecule has 1 aliphatic heterocycles. The topological polar surface area (TPSA) is 55.0 Å². The molecular weight excluding hydrogens is 220 g/mol. The van der Waals surface area contributed by atoms with Crippen molar-refractivity contribution in [2.75, 3.05) is 31.6 Å². The number of rotatable bonds is 3. The molecule has 0 aromatic carbocycles. The predicted octanol–water partition coefficient (Wildman–Crippen LogP) is 0.697. The first-order valence-electron chi connectivity index (χ1n) is 5.61. The van der Waals surface area contributed by atoms with Gasteiger partial charge in [-0.1, -0.05) is 0 Å². The average molecular weight is 238 g/mol. The Labute approximate surface area is 101 Å². The fourth-order valence-electron chi connectivity index (χ4n) is 1.82. The smallest absolute Gasteiger partial charge is 0.146 e. The zero-order valence-electron chi connectivity index (χ0n) is 9.59. The first-order chi connectivity index (χ1) is 7.81. The Morgan fingerprint density at radius 3 is 3.25 bits per heavy atom. The van der Waals surface area contributed by atoms with Crippen LogP contribution in [-0.4, -0.2) is 46.5 Å². The molecule has 4 nitrogen and oxygen atoms in total. The van der Waals surface area contributed by atoms with Crippen LogP contribution in [0.4, 0.5) is 0 Å². The monoisotopic (exact) mass is 238 g/mol. The molecule has 1 aromatic heterocycles. The van der Waals surface area contributed by atoms with Crippen LogP contribution in [0, 0.1) is 0 Å². The van der Waals surface area contributed by atoms with Gasteiger partial charge in [0.2, 0.25) is 0 Å². The van der Waals surface area contributed by atoms with Crippen molar-refractivity contribution in [3.8, 4) is 0 Å². The van der Waals surface area contributed by atoms with E-state index in [1.807, 2.05) is 24.0 Å². The van der Waals surface area contributed by atoms with E-state index in [2.05, 4.69) is 21.9 Å². The van der Waals surface area contributed by atoms with Crippen molar-refractivity contribution in [3.05, 3.63) is 23.8 Å². The molecule has 5 heteroatoms. The highest BCUT2D eigenvalue weighted by atomic mass is 32.2. The fraction of sp³-hybridized carbons (Fsp3) is 0.636. The number of hydrogen-bond donors (Lipinski definition) is 1. The Morgan fingerprint density at radius 1 is 1.62 bits per heavy atom. The van der Waals surface area contributed by atoms with E-state index in [0.29, 0.717) is 12.6 Å². The fourth-order valence-corrected chi connectivity index (χ4v) is 3.03. The normalized spacial score (nSPS) is 22.2. The molecule has 1 aliphatic rings.